The molecule has 0 saturated heterocycles. The van der Waals surface area contributed by atoms with Gasteiger partial charge >= 0.3 is 5.97 Å². The van der Waals surface area contributed by atoms with Crippen molar-refractivity contribution in [2.75, 3.05) is 41.2 Å². The number of hydrogen-bond acceptors (Lipinski definition) is 8. The number of benzene rings is 2. The number of rotatable bonds is 5. The molecule has 0 spiro atoms. The zero-order valence-electron chi connectivity index (χ0n) is 18.0. The van der Waals surface area contributed by atoms with Gasteiger partial charge in [0.2, 0.25) is 12.5 Å². The Kier molecular flexibility index (Phi) is 4.81. The first-order valence-corrected chi connectivity index (χ1v) is 10.3. The molecule has 0 aliphatic carbocycles. The second kappa shape index (κ2) is 7.53. The quantitative estimate of drug-likeness (QED) is 0.673. The first-order chi connectivity index (χ1) is 15.1. The molecule has 2 aromatic carbocycles. The highest BCUT2D eigenvalue weighted by molar-refractivity contribution is 5.98. The fourth-order valence-corrected chi connectivity index (χ4v) is 4.80. The highest BCUT2D eigenvalue weighted by Crippen LogP contribution is 2.55. The molecule has 8 heteroatoms. The van der Waals surface area contributed by atoms with Gasteiger partial charge in [0.1, 0.15) is 11.7 Å². The zero-order valence-corrected chi connectivity index (χ0v) is 18.0. The normalized spacial score (nSPS) is 21.4. The van der Waals surface area contributed by atoms with Crippen LogP contribution in [-0.2, 0) is 11.2 Å². The van der Waals surface area contributed by atoms with Crippen LogP contribution in [0.15, 0.2) is 18.2 Å². The lowest BCUT2D eigenvalue weighted by molar-refractivity contribution is 0.00861. The van der Waals surface area contributed by atoms with Crippen LogP contribution in [0, 0.1) is 0 Å². The van der Waals surface area contributed by atoms with E-state index in [1.165, 1.54) is 7.11 Å². The number of hydrogen-bond donors (Lipinski definition) is 0. The third kappa shape index (κ3) is 2.89. The molecule has 3 aliphatic heterocycles. The van der Waals surface area contributed by atoms with Crippen molar-refractivity contribution in [3.8, 4) is 28.7 Å². The largest absolute Gasteiger partial charge is 0.493 e. The van der Waals surface area contributed by atoms with Crippen molar-refractivity contribution in [2.24, 2.45) is 0 Å². The molecule has 31 heavy (non-hydrogen) atoms. The SMILES string of the molecule is CCOc1c2c(cc3c1[C@H]([C@H]1OC(=O)c4c1ccc(OC)c4OC)N(C)CC3)OCO2. The van der Waals surface area contributed by atoms with Gasteiger partial charge in [-0.15, -0.1) is 0 Å². The van der Waals surface area contributed by atoms with Gasteiger partial charge in [0, 0.05) is 17.7 Å². The Hall–Kier alpha value is -3.13. The van der Waals surface area contributed by atoms with Crippen molar-refractivity contribution < 1.29 is 33.2 Å². The maximum absolute atomic E-state index is 12.9. The van der Waals surface area contributed by atoms with Crippen LogP contribution >= 0.6 is 0 Å². The number of methoxy groups -OCH3 is 2. The summed E-state index contributed by atoms with van der Waals surface area (Å²) in [5.41, 5.74) is 3.26. The first kappa shape index (κ1) is 19.8. The number of esters is 1. The zero-order chi connectivity index (χ0) is 21.7. The van der Waals surface area contributed by atoms with Crippen LogP contribution in [0.3, 0.4) is 0 Å². The topological polar surface area (TPSA) is 75.7 Å². The molecule has 5 rings (SSSR count). The Balaban J connectivity index is 1.68. The molecule has 3 aliphatic rings. The van der Waals surface area contributed by atoms with Crippen LogP contribution in [0.2, 0.25) is 0 Å². The van der Waals surface area contributed by atoms with Gasteiger partial charge in [0.05, 0.1) is 26.9 Å². The summed E-state index contributed by atoms with van der Waals surface area (Å²) in [7, 11) is 5.10. The van der Waals surface area contributed by atoms with Crippen LogP contribution in [0.5, 0.6) is 28.7 Å². The highest BCUT2D eigenvalue weighted by Gasteiger charge is 2.46. The van der Waals surface area contributed by atoms with Gasteiger partial charge in [0.25, 0.3) is 0 Å². The van der Waals surface area contributed by atoms with Gasteiger partial charge in [-0.3, -0.25) is 4.90 Å². The van der Waals surface area contributed by atoms with Gasteiger partial charge in [-0.05, 0) is 38.1 Å². The molecule has 2 aromatic rings. The fraction of sp³-hybridized carbons (Fsp3) is 0.435. The molecule has 0 N–H and O–H groups in total. The molecule has 2 atom stereocenters. The van der Waals surface area contributed by atoms with E-state index in [-0.39, 0.29) is 12.8 Å². The maximum atomic E-state index is 12.9. The molecule has 3 heterocycles. The van der Waals surface area contributed by atoms with Gasteiger partial charge in [-0.2, -0.15) is 0 Å². The van der Waals surface area contributed by atoms with Crippen LogP contribution in [0.1, 0.15) is 46.1 Å². The van der Waals surface area contributed by atoms with Crippen LogP contribution < -0.4 is 23.7 Å². The van der Waals surface area contributed by atoms with Crippen LogP contribution in [0.4, 0.5) is 0 Å². The second-order valence-electron chi connectivity index (χ2n) is 7.71. The third-order valence-electron chi connectivity index (χ3n) is 6.15. The number of fused-ring (bicyclic) bond motifs is 3. The Morgan fingerprint density at radius 2 is 2.00 bits per heavy atom. The Morgan fingerprint density at radius 3 is 2.74 bits per heavy atom. The van der Waals surface area contributed by atoms with E-state index in [1.54, 1.807) is 13.2 Å². The summed E-state index contributed by atoms with van der Waals surface area (Å²) in [5.74, 6) is 2.43. The van der Waals surface area contributed by atoms with E-state index < -0.39 is 12.1 Å². The number of cyclic esters (lactones) is 1. The summed E-state index contributed by atoms with van der Waals surface area (Å²) < 4.78 is 34.3. The Labute approximate surface area is 180 Å². The summed E-state index contributed by atoms with van der Waals surface area (Å²) in [6.07, 6.45) is 0.310. The number of ether oxygens (including phenoxy) is 6. The number of carbonyl (C=O) groups is 1. The maximum Gasteiger partial charge on any atom is 0.343 e. The third-order valence-corrected chi connectivity index (χ3v) is 6.15. The molecule has 0 radical (unpaired) electrons. The summed E-state index contributed by atoms with van der Waals surface area (Å²) in [6, 6.07) is 5.45. The molecule has 0 fully saturated rings. The number of nitrogens with zero attached hydrogens (tertiary/aromatic N) is 1. The van der Waals surface area contributed by atoms with E-state index in [2.05, 4.69) is 4.90 Å². The fourth-order valence-electron chi connectivity index (χ4n) is 4.80. The van der Waals surface area contributed by atoms with Gasteiger partial charge < -0.3 is 28.4 Å². The van der Waals surface area contributed by atoms with E-state index in [0.717, 1.165) is 29.7 Å². The monoisotopic (exact) mass is 427 g/mol. The molecule has 0 saturated carbocycles. The van der Waals surface area contributed by atoms with Crippen molar-refractivity contribution in [2.45, 2.75) is 25.5 Å². The average Bonchev–Trinajstić information content (AvgIpc) is 3.37. The molecule has 0 aromatic heterocycles. The molecule has 0 unspecified atom stereocenters. The number of likely N-dealkylation sites (N-methyl/N-ethyl adjacent to an activating group) is 1. The predicted octanol–water partition coefficient (Wildman–Crippen LogP) is 3.27. The van der Waals surface area contributed by atoms with Crippen molar-refractivity contribution in [3.05, 3.63) is 40.5 Å². The van der Waals surface area contributed by atoms with E-state index in [1.807, 2.05) is 26.1 Å². The van der Waals surface area contributed by atoms with E-state index in [0.29, 0.717) is 40.9 Å². The molecule has 0 amide bonds. The average molecular weight is 427 g/mol. The van der Waals surface area contributed by atoms with Gasteiger partial charge in [0.15, 0.2) is 23.0 Å². The van der Waals surface area contributed by atoms with Crippen molar-refractivity contribution >= 4 is 5.97 Å². The smallest absolute Gasteiger partial charge is 0.343 e. The van der Waals surface area contributed by atoms with Crippen molar-refractivity contribution in [3.63, 3.8) is 0 Å². The minimum absolute atomic E-state index is 0.164. The van der Waals surface area contributed by atoms with Gasteiger partial charge in [-0.25, -0.2) is 4.79 Å². The first-order valence-electron chi connectivity index (χ1n) is 10.3. The molecule has 0 bridgehead atoms. The van der Waals surface area contributed by atoms with E-state index >= 15 is 0 Å². The van der Waals surface area contributed by atoms with Crippen LogP contribution in [-0.4, -0.2) is 52.1 Å². The Bertz CT molecular complexity index is 1050. The summed E-state index contributed by atoms with van der Waals surface area (Å²) in [6.45, 7) is 3.39. The van der Waals surface area contributed by atoms with E-state index in [9.17, 15) is 4.79 Å². The van der Waals surface area contributed by atoms with Gasteiger partial charge in [-0.1, -0.05) is 6.07 Å². The number of carbonyl (C=O) groups excluding carboxylic acids is 1. The lowest BCUT2D eigenvalue weighted by atomic mass is 9.85. The molecular formula is C23H25NO7. The summed E-state index contributed by atoms with van der Waals surface area (Å²) >= 11 is 0. The molecule has 164 valence electrons. The van der Waals surface area contributed by atoms with Crippen molar-refractivity contribution in [1.29, 1.82) is 0 Å². The summed E-state index contributed by atoms with van der Waals surface area (Å²) in [4.78, 5) is 15.1. The summed E-state index contributed by atoms with van der Waals surface area (Å²) in [5, 5.41) is 0. The highest BCUT2D eigenvalue weighted by atomic mass is 16.7. The lowest BCUT2D eigenvalue weighted by Crippen LogP contribution is -2.36. The minimum Gasteiger partial charge on any atom is -0.493 e. The van der Waals surface area contributed by atoms with Crippen LogP contribution in [0.25, 0.3) is 0 Å². The second-order valence-corrected chi connectivity index (χ2v) is 7.71. The molecule has 8 nitrogen and oxygen atoms in total. The standard InChI is InChI=1S/C23H25NO7/c1-5-28-22-16-12(10-15-21(22)30-11-29-15)8-9-24(2)18(16)19-13-6-7-14(26-3)20(27-4)17(13)23(25)31-19/h6-7,10,18-19H,5,8-9,11H2,1-4H3/t18-,19+/m1/s1. The molecular weight excluding hydrogens is 402 g/mol. The van der Waals surface area contributed by atoms with Crippen molar-refractivity contribution in [1.82, 2.24) is 4.90 Å². The predicted molar refractivity (Wildman–Crippen MR) is 111 cm³/mol. The lowest BCUT2D eigenvalue weighted by Gasteiger charge is -2.38. The Morgan fingerprint density at radius 1 is 1.16 bits per heavy atom. The minimum atomic E-state index is -0.522. The van der Waals surface area contributed by atoms with E-state index in [4.69, 9.17) is 28.4 Å².